The van der Waals surface area contributed by atoms with E-state index >= 15 is 0 Å². The van der Waals surface area contributed by atoms with Gasteiger partial charge in [-0.05, 0) is 42.2 Å². The Morgan fingerprint density at radius 1 is 1.04 bits per heavy atom. The van der Waals surface area contributed by atoms with E-state index in [0.717, 1.165) is 19.3 Å². The second-order valence-electron chi connectivity index (χ2n) is 8.06. The summed E-state index contributed by atoms with van der Waals surface area (Å²) in [4.78, 5) is 49.7. The second-order valence-corrected chi connectivity index (χ2v) is 8.06. The van der Waals surface area contributed by atoms with Crippen molar-refractivity contribution in [3.63, 3.8) is 0 Å². The van der Waals surface area contributed by atoms with E-state index in [-0.39, 0.29) is 16.9 Å². The monoisotopic (exact) mass is 370 g/mol. The summed E-state index contributed by atoms with van der Waals surface area (Å²) >= 11 is 0. The van der Waals surface area contributed by atoms with E-state index in [2.05, 4.69) is 35.5 Å². The van der Waals surface area contributed by atoms with Crippen molar-refractivity contribution in [3.05, 3.63) is 35.4 Å². The lowest BCUT2D eigenvalue weighted by Crippen LogP contribution is -2.39. The van der Waals surface area contributed by atoms with E-state index in [9.17, 15) is 19.2 Å². The summed E-state index contributed by atoms with van der Waals surface area (Å²) in [7, 11) is 0. The number of carbonyl (C=O) groups is 2. The molecule has 0 amide bonds. The molecule has 2 unspecified atom stereocenters. The van der Waals surface area contributed by atoms with Crippen molar-refractivity contribution in [2.45, 2.75) is 46.1 Å². The molecule has 2 atom stereocenters. The minimum absolute atomic E-state index is 0.00750. The first-order valence-electron chi connectivity index (χ1n) is 8.66. The van der Waals surface area contributed by atoms with Gasteiger partial charge < -0.3 is 4.74 Å². The summed E-state index contributed by atoms with van der Waals surface area (Å²) < 4.78 is 4.35. The van der Waals surface area contributed by atoms with Gasteiger partial charge in [0.15, 0.2) is 0 Å². The van der Waals surface area contributed by atoms with Crippen LogP contribution in [0.1, 0.15) is 60.7 Å². The number of carbonyl (C=O) groups excluding carboxylic acids is 4. The minimum atomic E-state index is -0.550. The molecule has 142 valence electrons. The zero-order chi connectivity index (χ0) is 20.1. The smallest absolute Gasteiger partial charge is 0.346 e. The Morgan fingerprint density at radius 2 is 1.63 bits per heavy atom. The van der Waals surface area contributed by atoms with Crippen molar-refractivity contribution in [2.24, 2.45) is 20.8 Å². The molecule has 1 saturated carbocycles. The molecule has 1 aliphatic carbocycles. The maximum absolute atomic E-state index is 10.8. The van der Waals surface area contributed by atoms with Gasteiger partial charge in [0, 0.05) is 0 Å². The third kappa shape index (κ3) is 5.30. The molecule has 0 N–H and O–H groups in total. The number of hydrogen-bond acceptors (Lipinski definition) is 7. The van der Waals surface area contributed by atoms with Crippen molar-refractivity contribution >= 4 is 24.1 Å². The SMILES string of the molecule is CC1(C)CC(N=C=O)CC(C)(CN=C=O)C1.O=C1OC(=O)c2ccccc21. The van der Waals surface area contributed by atoms with Gasteiger partial charge in [0.1, 0.15) is 0 Å². The number of rotatable bonds is 3. The van der Waals surface area contributed by atoms with E-state index in [1.807, 2.05) is 0 Å². The predicted octanol–water partition coefficient (Wildman–Crippen LogP) is 3.24. The van der Waals surface area contributed by atoms with Crippen molar-refractivity contribution in [2.75, 3.05) is 6.54 Å². The van der Waals surface area contributed by atoms with Crippen molar-refractivity contribution < 1.29 is 23.9 Å². The Balaban J connectivity index is 0.000000206. The van der Waals surface area contributed by atoms with E-state index < -0.39 is 11.9 Å². The van der Waals surface area contributed by atoms with Gasteiger partial charge in [-0.2, -0.15) is 0 Å². The van der Waals surface area contributed by atoms with Crippen LogP contribution in [0.3, 0.4) is 0 Å². The number of fused-ring (bicyclic) bond motifs is 1. The number of ether oxygens (including phenoxy) is 1. The van der Waals surface area contributed by atoms with E-state index in [1.165, 1.54) is 0 Å². The fraction of sp³-hybridized carbons (Fsp3) is 0.500. The lowest BCUT2D eigenvalue weighted by atomic mass is 9.63. The first-order valence-corrected chi connectivity index (χ1v) is 8.66. The normalized spacial score (nSPS) is 25.1. The highest BCUT2D eigenvalue weighted by Crippen LogP contribution is 2.47. The molecule has 1 fully saturated rings. The standard InChI is InChI=1S/C12H18N2O2.C8H4O3/c1-11(2)4-10(14-9-16)5-12(3,6-11)7-13-8-15;9-7-5-3-1-2-4-6(5)8(10)11-7/h10H,4-7H2,1-3H3;1-4H. The van der Waals surface area contributed by atoms with Crippen molar-refractivity contribution in [3.8, 4) is 0 Å². The molecule has 3 rings (SSSR count). The van der Waals surface area contributed by atoms with Crippen LogP contribution < -0.4 is 0 Å². The Morgan fingerprint density at radius 3 is 2.15 bits per heavy atom. The average molecular weight is 370 g/mol. The summed E-state index contributed by atoms with van der Waals surface area (Å²) in [6.45, 7) is 6.86. The molecule has 1 aromatic carbocycles. The number of cyclic esters (lactones) is 2. The third-order valence-electron chi connectivity index (χ3n) is 4.73. The fourth-order valence-electron chi connectivity index (χ4n) is 4.12. The van der Waals surface area contributed by atoms with E-state index in [0.29, 0.717) is 17.7 Å². The minimum Gasteiger partial charge on any atom is -0.386 e. The molecule has 27 heavy (non-hydrogen) atoms. The van der Waals surface area contributed by atoms with E-state index in [4.69, 9.17) is 0 Å². The van der Waals surface area contributed by atoms with Crippen LogP contribution in [-0.4, -0.2) is 36.7 Å². The summed E-state index contributed by atoms with van der Waals surface area (Å²) in [6.07, 6.45) is 5.88. The zero-order valence-corrected chi connectivity index (χ0v) is 15.7. The van der Waals surface area contributed by atoms with E-state index in [1.54, 1.807) is 36.4 Å². The van der Waals surface area contributed by atoms with Crippen LogP contribution in [0.15, 0.2) is 34.3 Å². The van der Waals surface area contributed by atoms with Gasteiger partial charge in [-0.1, -0.05) is 32.9 Å². The first kappa shape index (κ1) is 20.4. The molecule has 1 aliphatic heterocycles. The Hall–Kier alpha value is -2.88. The number of isocyanates is 2. The van der Waals surface area contributed by atoms with Crippen LogP contribution in [0.5, 0.6) is 0 Å². The average Bonchev–Trinajstić information content (AvgIpc) is 2.87. The van der Waals surface area contributed by atoms with Gasteiger partial charge in [0.25, 0.3) is 0 Å². The summed E-state index contributed by atoms with van der Waals surface area (Å²) in [5, 5.41) is 0. The van der Waals surface area contributed by atoms with Gasteiger partial charge in [-0.3, -0.25) is 0 Å². The van der Waals surface area contributed by atoms with Gasteiger partial charge in [-0.25, -0.2) is 29.2 Å². The van der Waals surface area contributed by atoms with Crippen molar-refractivity contribution in [1.82, 2.24) is 0 Å². The van der Waals surface area contributed by atoms with Crippen LogP contribution in [0.25, 0.3) is 0 Å². The highest BCUT2D eigenvalue weighted by molar-refractivity contribution is 6.14. The van der Waals surface area contributed by atoms with Crippen LogP contribution in [0.4, 0.5) is 0 Å². The molecule has 1 heterocycles. The summed E-state index contributed by atoms with van der Waals surface area (Å²) in [6, 6.07) is 6.54. The largest absolute Gasteiger partial charge is 0.386 e. The molecule has 0 aromatic heterocycles. The maximum atomic E-state index is 10.8. The number of hydrogen-bond donors (Lipinski definition) is 0. The number of nitrogens with zero attached hydrogens (tertiary/aromatic N) is 2. The van der Waals surface area contributed by atoms with Crippen molar-refractivity contribution in [1.29, 1.82) is 0 Å². The molecule has 0 spiro atoms. The van der Waals surface area contributed by atoms with Gasteiger partial charge in [0.05, 0.1) is 23.7 Å². The molecule has 7 heteroatoms. The Bertz CT molecular complexity index is 802. The number of aliphatic imine (C=N–C) groups is 2. The fourth-order valence-corrected chi connectivity index (χ4v) is 4.12. The Labute approximate surface area is 157 Å². The highest BCUT2D eigenvalue weighted by atomic mass is 16.6. The molecule has 0 saturated heterocycles. The quantitative estimate of drug-likeness (QED) is 0.352. The van der Waals surface area contributed by atoms with Gasteiger partial charge in [0.2, 0.25) is 12.2 Å². The summed E-state index contributed by atoms with van der Waals surface area (Å²) in [5.41, 5.74) is 0.774. The predicted molar refractivity (Wildman–Crippen MR) is 96.8 cm³/mol. The summed E-state index contributed by atoms with van der Waals surface area (Å²) in [5.74, 6) is -1.10. The second kappa shape index (κ2) is 8.21. The van der Waals surface area contributed by atoms with Gasteiger partial charge >= 0.3 is 11.9 Å². The van der Waals surface area contributed by atoms with Crippen LogP contribution in [0.2, 0.25) is 0 Å². The molecular formula is C20H22N2O5. The third-order valence-corrected chi connectivity index (χ3v) is 4.73. The molecule has 7 nitrogen and oxygen atoms in total. The lowest BCUT2D eigenvalue weighted by molar-refractivity contribution is 0.0443. The number of benzene rings is 1. The topological polar surface area (TPSA) is 102 Å². The first-order chi connectivity index (χ1) is 12.7. The molecule has 2 aliphatic rings. The molecule has 0 radical (unpaired) electrons. The zero-order valence-electron chi connectivity index (χ0n) is 15.7. The lowest BCUT2D eigenvalue weighted by Gasteiger charge is -2.44. The molecule has 0 bridgehead atoms. The number of esters is 2. The Kier molecular flexibility index (Phi) is 6.21. The highest BCUT2D eigenvalue weighted by Gasteiger charge is 2.41. The maximum Gasteiger partial charge on any atom is 0.346 e. The molecule has 1 aromatic rings. The van der Waals surface area contributed by atoms with Gasteiger partial charge in [-0.15, -0.1) is 0 Å². The van der Waals surface area contributed by atoms with Crippen LogP contribution in [0, 0.1) is 10.8 Å². The van der Waals surface area contributed by atoms with Crippen LogP contribution >= 0.6 is 0 Å². The van der Waals surface area contributed by atoms with Crippen LogP contribution in [-0.2, 0) is 14.3 Å². The molecular weight excluding hydrogens is 348 g/mol.